The van der Waals surface area contributed by atoms with Crippen molar-refractivity contribution in [2.45, 2.75) is 117 Å². The van der Waals surface area contributed by atoms with Crippen LogP contribution in [0.4, 0.5) is 13.2 Å². The van der Waals surface area contributed by atoms with Gasteiger partial charge in [0.25, 0.3) is 0 Å². The van der Waals surface area contributed by atoms with Gasteiger partial charge >= 0.3 is 5.97 Å². The summed E-state index contributed by atoms with van der Waals surface area (Å²) in [7, 11) is 0. The van der Waals surface area contributed by atoms with Crippen molar-refractivity contribution in [1.82, 2.24) is 0 Å². The Bertz CT molecular complexity index is 1310. The molecule has 0 bridgehead atoms. The molecule has 0 spiro atoms. The molecule has 0 unspecified atom stereocenters. The summed E-state index contributed by atoms with van der Waals surface area (Å²) in [6.07, 6.45) is 18.4. The maximum atomic E-state index is 14.7. The highest BCUT2D eigenvalue weighted by molar-refractivity contribution is 5.91. The van der Waals surface area contributed by atoms with Crippen molar-refractivity contribution in [2.75, 3.05) is 13.2 Å². The van der Waals surface area contributed by atoms with Crippen molar-refractivity contribution in [1.29, 1.82) is 0 Å². The van der Waals surface area contributed by atoms with Crippen molar-refractivity contribution in [3.63, 3.8) is 0 Å². The number of benzene rings is 3. The van der Waals surface area contributed by atoms with E-state index in [2.05, 4.69) is 13.8 Å². The molecular formula is C39H51F3O4. The SMILES string of the molecule is CCCCCCCCCCOc1ccc(-c2ccc(C(=O)Oc3ccc(OCCCCCCCCCC)c(F)c3F)cc2)cc1F. The Hall–Kier alpha value is -3.48. The molecule has 3 aromatic rings. The summed E-state index contributed by atoms with van der Waals surface area (Å²) in [5, 5.41) is 0. The predicted molar refractivity (Wildman–Crippen MR) is 179 cm³/mol. The molecule has 0 atom stereocenters. The average Bonchev–Trinajstić information content (AvgIpc) is 3.06. The first-order valence-corrected chi connectivity index (χ1v) is 17.3. The quantitative estimate of drug-likeness (QED) is 0.0588. The Kier molecular flexibility index (Phi) is 17.2. The van der Waals surface area contributed by atoms with Crippen LogP contribution in [-0.4, -0.2) is 19.2 Å². The minimum Gasteiger partial charge on any atom is -0.491 e. The number of carbonyl (C=O) groups excluding carboxylic acids is 1. The van der Waals surface area contributed by atoms with Gasteiger partial charge in [-0.05, 0) is 60.4 Å². The lowest BCUT2D eigenvalue weighted by atomic mass is 10.0. The van der Waals surface area contributed by atoms with Gasteiger partial charge in [0, 0.05) is 0 Å². The van der Waals surface area contributed by atoms with Crippen LogP contribution in [0.15, 0.2) is 54.6 Å². The molecule has 0 heterocycles. The van der Waals surface area contributed by atoms with Crippen molar-refractivity contribution in [2.24, 2.45) is 0 Å². The van der Waals surface area contributed by atoms with Crippen LogP contribution in [0.2, 0.25) is 0 Å². The van der Waals surface area contributed by atoms with Crippen LogP contribution in [0.1, 0.15) is 127 Å². The number of hydrogen-bond donors (Lipinski definition) is 0. The van der Waals surface area contributed by atoms with E-state index in [1.807, 2.05) is 0 Å². The summed E-state index contributed by atoms with van der Waals surface area (Å²) < 4.78 is 60.2. The fraction of sp³-hybridized carbons (Fsp3) is 0.513. The maximum Gasteiger partial charge on any atom is 0.343 e. The van der Waals surface area contributed by atoms with Crippen molar-refractivity contribution < 1.29 is 32.2 Å². The average molecular weight is 641 g/mol. The second kappa shape index (κ2) is 21.3. The van der Waals surface area contributed by atoms with Crippen LogP contribution >= 0.6 is 0 Å². The van der Waals surface area contributed by atoms with Gasteiger partial charge in [-0.2, -0.15) is 8.78 Å². The van der Waals surface area contributed by atoms with Gasteiger partial charge in [0.05, 0.1) is 18.8 Å². The Labute approximate surface area is 273 Å². The Morgan fingerprint density at radius 1 is 0.522 bits per heavy atom. The van der Waals surface area contributed by atoms with E-state index in [0.717, 1.165) is 32.1 Å². The zero-order valence-corrected chi connectivity index (χ0v) is 27.7. The van der Waals surface area contributed by atoms with Gasteiger partial charge < -0.3 is 14.2 Å². The van der Waals surface area contributed by atoms with Gasteiger partial charge in [0.2, 0.25) is 11.6 Å². The smallest absolute Gasteiger partial charge is 0.343 e. The molecule has 3 aromatic carbocycles. The number of esters is 1. The van der Waals surface area contributed by atoms with Crippen LogP contribution in [0, 0.1) is 17.5 Å². The molecule has 0 aliphatic heterocycles. The second-order valence-electron chi connectivity index (χ2n) is 11.9. The summed E-state index contributed by atoms with van der Waals surface area (Å²) in [4.78, 5) is 12.7. The molecule has 0 saturated heterocycles. The molecule has 7 heteroatoms. The molecule has 0 aliphatic rings. The van der Waals surface area contributed by atoms with Crippen LogP contribution in [0.25, 0.3) is 11.1 Å². The number of unbranched alkanes of at least 4 members (excludes halogenated alkanes) is 14. The highest BCUT2D eigenvalue weighted by Gasteiger charge is 2.19. The molecule has 3 rings (SSSR count). The monoisotopic (exact) mass is 640 g/mol. The van der Waals surface area contributed by atoms with Gasteiger partial charge in [0.15, 0.2) is 23.1 Å². The minimum absolute atomic E-state index is 0.143. The molecule has 0 amide bonds. The Morgan fingerprint density at radius 2 is 0.957 bits per heavy atom. The number of halogens is 3. The Balaban J connectivity index is 1.44. The molecule has 0 aliphatic carbocycles. The first-order valence-electron chi connectivity index (χ1n) is 17.3. The first-order chi connectivity index (χ1) is 22.4. The van der Waals surface area contributed by atoms with E-state index in [-0.39, 0.29) is 23.7 Å². The number of ether oxygens (including phenoxy) is 3. The Morgan fingerprint density at radius 3 is 1.50 bits per heavy atom. The van der Waals surface area contributed by atoms with Gasteiger partial charge in [-0.15, -0.1) is 0 Å². The number of rotatable bonds is 23. The van der Waals surface area contributed by atoms with E-state index in [1.165, 1.54) is 101 Å². The van der Waals surface area contributed by atoms with Crippen LogP contribution in [-0.2, 0) is 0 Å². The standard InChI is InChI=1S/C39H51F3O4/c1-3-5-7-9-11-13-15-17-27-44-34-24-23-32(29-33(34)40)30-19-21-31(22-20-30)39(43)46-36-26-25-35(37(41)38(36)42)45-28-18-16-14-12-10-8-6-4-2/h19-26,29H,3-18,27-28H2,1-2H3. The van der Waals surface area contributed by atoms with E-state index >= 15 is 0 Å². The van der Waals surface area contributed by atoms with Crippen LogP contribution < -0.4 is 14.2 Å². The van der Waals surface area contributed by atoms with E-state index in [0.29, 0.717) is 17.7 Å². The molecule has 0 saturated carbocycles. The summed E-state index contributed by atoms with van der Waals surface area (Å²) in [6.45, 7) is 5.16. The third-order valence-electron chi connectivity index (χ3n) is 8.11. The van der Waals surface area contributed by atoms with E-state index in [9.17, 15) is 18.0 Å². The lowest BCUT2D eigenvalue weighted by Crippen LogP contribution is -2.10. The number of carbonyl (C=O) groups is 1. The normalized spacial score (nSPS) is 11.1. The van der Waals surface area contributed by atoms with Crippen molar-refractivity contribution in [3.8, 4) is 28.4 Å². The lowest BCUT2D eigenvalue weighted by Gasteiger charge is -2.11. The molecule has 4 nitrogen and oxygen atoms in total. The summed E-state index contributed by atoms with van der Waals surface area (Å²) in [5.41, 5.74) is 1.44. The molecule has 46 heavy (non-hydrogen) atoms. The van der Waals surface area contributed by atoms with Crippen LogP contribution in [0.3, 0.4) is 0 Å². The van der Waals surface area contributed by atoms with Crippen LogP contribution in [0.5, 0.6) is 17.2 Å². The van der Waals surface area contributed by atoms with Crippen molar-refractivity contribution in [3.05, 3.63) is 77.6 Å². The molecule has 0 fully saturated rings. The second-order valence-corrected chi connectivity index (χ2v) is 11.9. The van der Waals surface area contributed by atoms with Gasteiger partial charge in [0.1, 0.15) is 0 Å². The fourth-order valence-electron chi connectivity index (χ4n) is 5.30. The molecular weight excluding hydrogens is 589 g/mol. The highest BCUT2D eigenvalue weighted by Crippen LogP contribution is 2.30. The third kappa shape index (κ3) is 12.7. The minimum atomic E-state index is -1.28. The summed E-state index contributed by atoms with van der Waals surface area (Å²) in [6, 6.07) is 13.5. The van der Waals surface area contributed by atoms with E-state index in [1.54, 1.807) is 24.3 Å². The van der Waals surface area contributed by atoms with Crippen molar-refractivity contribution >= 4 is 5.97 Å². The topological polar surface area (TPSA) is 44.8 Å². The zero-order chi connectivity index (χ0) is 33.0. The zero-order valence-electron chi connectivity index (χ0n) is 27.7. The maximum absolute atomic E-state index is 14.7. The van der Waals surface area contributed by atoms with Gasteiger partial charge in [-0.25, -0.2) is 9.18 Å². The number of hydrogen-bond acceptors (Lipinski definition) is 4. The largest absolute Gasteiger partial charge is 0.491 e. The lowest BCUT2D eigenvalue weighted by molar-refractivity contribution is 0.0726. The molecule has 0 radical (unpaired) electrons. The van der Waals surface area contributed by atoms with E-state index < -0.39 is 29.2 Å². The molecule has 0 N–H and O–H groups in total. The summed E-state index contributed by atoms with van der Waals surface area (Å²) in [5.74, 6) is -4.27. The van der Waals surface area contributed by atoms with E-state index in [4.69, 9.17) is 14.2 Å². The fourth-order valence-corrected chi connectivity index (χ4v) is 5.30. The predicted octanol–water partition coefficient (Wildman–Crippen LogP) is 12.0. The summed E-state index contributed by atoms with van der Waals surface area (Å²) >= 11 is 0. The molecule has 252 valence electrons. The van der Waals surface area contributed by atoms with Gasteiger partial charge in [-0.3, -0.25) is 0 Å². The highest BCUT2D eigenvalue weighted by atomic mass is 19.2. The van der Waals surface area contributed by atoms with Gasteiger partial charge in [-0.1, -0.05) is 122 Å². The first kappa shape index (κ1) is 37.0. The third-order valence-corrected chi connectivity index (χ3v) is 8.11. The molecule has 0 aromatic heterocycles.